The summed E-state index contributed by atoms with van der Waals surface area (Å²) in [6.07, 6.45) is 10.7. The summed E-state index contributed by atoms with van der Waals surface area (Å²) >= 11 is 0. The highest BCUT2D eigenvalue weighted by atomic mass is 15.0. The zero-order chi connectivity index (χ0) is 7.97. The normalized spacial score (nSPS) is 14.0. The molecule has 0 amide bonds. The van der Waals surface area contributed by atoms with Gasteiger partial charge in [0.15, 0.2) is 0 Å². The molecular formula is C9H7N3. The fourth-order valence-electron chi connectivity index (χ4n) is 1.64. The van der Waals surface area contributed by atoms with E-state index >= 15 is 0 Å². The van der Waals surface area contributed by atoms with Crippen molar-refractivity contribution in [3.63, 3.8) is 0 Å². The Hall–Kier alpha value is -1.64. The van der Waals surface area contributed by atoms with E-state index in [9.17, 15) is 0 Å². The number of hydrogen-bond acceptors (Lipinski definition) is 2. The summed E-state index contributed by atoms with van der Waals surface area (Å²) in [6.45, 7) is 0. The van der Waals surface area contributed by atoms with Gasteiger partial charge in [0.1, 0.15) is 6.33 Å². The maximum absolute atomic E-state index is 4.18. The summed E-state index contributed by atoms with van der Waals surface area (Å²) in [7, 11) is 0. The molecule has 0 fully saturated rings. The molecule has 2 aromatic heterocycles. The van der Waals surface area contributed by atoms with Gasteiger partial charge < -0.3 is 4.57 Å². The molecule has 1 aliphatic heterocycles. The Morgan fingerprint density at radius 2 is 2.42 bits per heavy atom. The van der Waals surface area contributed by atoms with Crippen LogP contribution in [-0.4, -0.2) is 14.5 Å². The van der Waals surface area contributed by atoms with Crippen LogP contribution in [0, 0.1) is 0 Å². The maximum Gasteiger partial charge on any atom is 0.116 e. The highest BCUT2D eigenvalue weighted by molar-refractivity contribution is 5.83. The van der Waals surface area contributed by atoms with E-state index in [1.165, 1.54) is 11.1 Å². The molecule has 0 spiro atoms. The van der Waals surface area contributed by atoms with Gasteiger partial charge in [-0.2, -0.15) is 0 Å². The molecular weight excluding hydrogens is 150 g/mol. The fourth-order valence-corrected chi connectivity index (χ4v) is 1.64. The van der Waals surface area contributed by atoms with Gasteiger partial charge >= 0.3 is 0 Å². The lowest BCUT2D eigenvalue weighted by molar-refractivity contribution is 1.10. The Morgan fingerprint density at radius 1 is 1.42 bits per heavy atom. The van der Waals surface area contributed by atoms with Crippen LogP contribution in [0.5, 0.6) is 0 Å². The topological polar surface area (TPSA) is 30.7 Å². The molecule has 0 unspecified atom stereocenters. The van der Waals surface area contributed by atoms with Gasteiger partial charge in [0.25, 0.3) is 0 Å². The first-order valence-corrected chi connectivity index (χ1v) is 3.91. The molecule has 0 bridgehead atoms. The molecule has 0 saturated carbocycles. The molecule has 0 aromatic carbocycles. The third-order valence-corrected chi connectivity index (χ3v) is 2.20. The molecule has 1 aliphatic rings. The second kappa shape index (κ2) is 1.94. The predicted octanol–water partition coefficient (Wildman–Crippen LogP) is 1.46. The van der Waals surface area contributed by atoms with E-state index in [-0.39, 0.29) is 0 Å². The van der Waals surface area contributed by atoms with Crippen molar-refractivity contribution in [1.82, 2.24) is 14.5 Å². The van der Waals surface area contributed by atoms with Crippen LogP contribution in [-0.2, 0) is 6.42 Å². The minimum absolute atomic E-state index is 0.997. The van der Waals surface area contributed by atoms with Gasteiger partial charge in [0.2, 0.25) is 0 Å². The molecule has 12 heavy (non-hydrogen) atoms. The third-order valence-electron chi connectivity index (χ3n) is 2.20. The standard InChI is InChI=1S/C9H7N3/c1-2-9-7-4-10-6-11-8(7)5-12(9)3-1/h1,3-6H,2H2. The Labute approximate surface area is 69.4 Å². The van der Waals surface area contributed by atoms with E-state index in [1.807, 2.05) is 12.4 Å². The summed E-state index contributed by atoms with van der Waals surface area (Å²) in [4.78, 5) is 8.19. The lowest BCUT2D eigenvalue weighted by Gasteiger charge is -1.91. The molecule has 0 saturated heterocycles. The number of aromatic nitrogens is 3. The van der Waals surface area contributed by atoms with Gasteiger partial charge in [-0.1, -0.05) is 6.08 Å². The molecule has 0 N–H and O–H groups in total. The summed E-state index contributed by atoms with van der Waals surface area (Å²) < 4.78 is 2.11. The number of fused-ring (bicyclic) bond motifs is 3. The van der Waals surface area contributed by atoms with Gasteiger partial charge in [-0.05, 0) is 0 Å². The highest BCUT2D eigenvalue weighted by Crippen LogP contribution is 2.22. The van der Waals surface area contributed by atoms with E-state index in [1.54, 1.807) is 6.33 Å². The average Bonchev–Trinajstić information content (AvgIpc) is 2.62. The van der Waals surface area contributed by atoms with Crippen LogP contribution in [0.25, 0.3) is 17.1 Å². The van der Waals surface area contributed by atoms with Crippen LogP contribution in [0.4, 0.5) is 0 Å². The van der Waals surface area contributed by atoms with Crippen LogP contribution in [0.2, 0.25) is 0 Å². The first kappa shape index (κ1) is 5.94. The van der Waals surface area contributed by atoms with Gasteiger partial charge in [-0.15, -0.1) is 0 Å². The number of allylic oxidation sites excluding steroid dienone is 1. The Bertz CT molecular complexity index is 468. The largest absolute Gasteiger partial charge is 0.325 e. The monoisotopic (exact) mass is 157 g/mol. The SMILES string of the molecule is C1=Cn2cc3ncncc3c2C1. The minimum Gasteiger partial charge on any atom is -0.325 e. The van der Waals surface area contributed by atoms with Gasteiger partial charge in [-0.3, -0.25) is 0 Å². The molecule has 2 aromatic rings. The molecule has 3 nitrogen and oxygen atoms in total. The second-order valence-electron chi connectivity index (χ2n) is 2.89. The number of hydrogen-bond donors (Lipinski definition) is 0. The number of rotatable bonds is 0. The highest BCUT2D eigenvalue weighted by Gasteiger charge is 2.10. The van der Waals surface area contributed by atoms with Gasteiger partial charge in [0.05, 0.1) is 5.52 Å². The summed E-state index contributed by atoms with van der Waals surface area (Å²) in [5, 5.41) is 1.17. The first-order chi connectivity index (χ1) is 5.95. The molecule has 0 radical (unpaired) electrons. The van der Waals surface area contributed by atoms with Crippen LogP contribution in [0.1, 0.15) is 5.69 Å². The smallest absolute Gasteiger partial charge is 0.116 e. The minimum atomic E-state index is 0.997. The quantitative estimate of drug-likeness (QED) is 0.579. The Kier molecular flexibility index (Phi) is 0.961. The van der Waals surface area contributed by atoms with Gasteiger partial charge in [-0.25, -0.2) is 9.97 Å². The van der Waals surface area contributed by atoms with Crippen molar-refractivity contribution in [1.29, 1.82) is 0 Å². The fraction of sp³-hybridized carbons (Fsp3) is 0.111. The van der Waals surface area contributed by atoms with Gasteiger partial charge in [0, 0.05) is 36.1 Å². The molecule has 3 heteroatoms. The number of nitrogens with zero attached hydrogens (tertiary/aromatic N) is 3. The maximum atomic E-state index is 4.18. The van der Waals surface area contributed by atoms with Crippen molar-refractivity contribution < 1.29 is 0 Å². The lowest BCUT2D eigenvalue weighted by Crippen LogP contribution is -1.83. The molecule has 3 rings (SSSR count). The van der Waals surface area contributed by atoms with Crippen molar-refractivity contribution in [3.05, 3.63) is 30.5 Å². The van der Waals surface area contributed by atoms with Crippen molar-refractivity contribution >= 4 is 17.1 Å². The van der Waals surface area contributed by atoms with E-state index < -0.39 is 0 Å². The summed E-state index contributed by atoms with van der Waals surface area (Å²) in [5.74, 6) is 0. The van der Waals surface area contributed by atoms with E-state index in [2.05, 4.69) is 26.8 Å². The predicted molar refractivity (Wildman–Crippen MR) is 46.6 cm³/mol. The zero-order valence-electron chi connectivity index (χ0n) is 6.44. The van der Waals surface area contributed by atoms with Crippen LogP contribution in [0.15, 0.2) is 24.8 Å². The average molecular weight is 157 g/mol. The van der Waals surface area contributed by atoms with Crippen molar-refractivity contribution in [3.8, 4) is 0 Å². The molecule has 0 aliphatic carbocycles. The first-order valence-electron chi connectivity index (χ1n) is 3.91. The molecule has 3 heterocycles. The second-order valence-corrected chi connectivity index (χ2v) is 2.89. The van der Waals surface area contributed by atoms with Crippen molar-refractivity contribution in [2.45, 2.75) is 6.42 Å². The van der Waals surface area contributed by atoms with E-state index in [4.69, 9.17) is 0 Å². The molecule has 58 valence electrons. The van der Waals surface area contributed by atoms with E-state index in [0.717, 1.165) is 11.9 Å². The Balaban J connectivity index is 2.49. The lowest BCUT2D eigenvalue weighted by atomic mass is 10.2. The van der Waals surface area contributed by atoms with Crippen LogP contribution < -0.4 is 0 Å². The zero-order valence-corrected chi connectivity index (χ0v) is 6.44. The summed E-state index contributed by atoms with van der Waals surface area (Å²) in [5.41, 5.74) is 2.33. The van der Waals surface area contributed by atoms with Crippen molar-refractivity contribution in [2.24, 2.45) is 0 Å². The van der Waals surface area contributed by atoms with E-state index in [0.29, 0.717) is 0 Å². The third kappa shape index (κ3) is 0.605. The van der Waals surface area contributed by atoms with Crippen LogP contribution >= 0.6 is 0 Å². The van der Waals surface area contributed by atoms with Crippen molar-refractivity contribution in [2.75, 3.05) is 0 Å². The van der Waals surface area contributed by atoms with Crippen LogP contribution in [0.3, 0.4) is 0 Å². The molecule has 0 atom stereocenters. The summed E-state index contributed by atoms with van der Waals surface area (Å²) in [6, 6.07) is 0. The Morgan fingerprint density at radius 3 is 3.42 bits per heavy atom.